The van der Waals surface area contributed by atoms with Crippen LogP contribution in [0.2, 0.25) is 0 Å². The number of nitrogens with one attached hydrogen (secondary N) is 1. The molecule has 4 rings (SSSR count). The third kappa shape index (κ3) is 9.64. The van der Waals surface area contributed by atoms with Crippen molar-refractivity contribution in [2.75, 3.05) is 38.7 Å². The highest BCUT2D eigenvalue weighted by Crippen LogP contribution is 2.29. The van der Waals surface area contributed by atoms with Gasteiger partial charge in [-0.15, -0.1) is 0 Å². The predicted molar refractivity (Wildman–Crippen MR) is 179 cm³/mol. The average Bonchev–Trinajstić information content (AvgIpc) is 3.06. The summed E-state index contributed by atoms with van der Waals surface area (Å²) in [6.07, 6.45) is 2.25. The fourth-order valence-electron chi connectivity index (χ4n) is 5.53. The van der Waals surface area contributed by atoms with Crippen LogP contribution >= 0.6 is 0 Å². The quantitative estimate of drug-likeness (QED) is 0.344. The van der Waals surface area contributed by atoms with Crippen LogP contribution in [0.25, 0.3) is 0 Å². The van der Waals surface area contributed by atoms with E-state index in [1.807, 2.05) is 50.2 Å². The fourth-order valence-corrected chi connectivity index (χ4v) is 5.53. The SMILES string of the molecule is C[C@@H]1CCCCO[C@H](CN(C)C(=O)Cc2ccccc2)[C@@H](C)CN([C@@H](C)CO)C(=O)c2cc(NC(=O)c3ccccc3)ccc2O1. The zero-order valence-electron chi connectivity index (χ0n) is 27.4. The third-order valence-electron chi connectivity index (χ3n) is 8.42. The summed E-state index contributed by atoms with van der Waals surface area (Å²) < 4.78 is 12.7. The zero-order valence-corrected chi connectivity index (χ0v) is 27.4. The maximum Gasteiger partial charge on any atom is 0.258 e. The summed E-state index contributed by atoms with van der Waals surface area (Å²) in [5.41, 5.74) is 2.21. The van der Waals surface area contributed by atoms with Crippen molar-refractivity contribution >= 4 is 23.4 Å². The van der Waals surface area contributed by atoms with E-state index >= 15 is 0 Å². The van der Waals surface area contributed by atoms with Gasteiger partial charge in [-0.1, -0.05) is 55.5 Å². The Morgan fingerprint density at radius 2 is 1.72 bits per heavy atom. The predicted octanol–water partition coefficient (Wildman–Crippen LogP) is 5.44. The Bertz CT molecular complexity index is 1430. The van der Waals surface area contributed by atoms with E-state index in [9.17, 15) is 19.5 Å². The van der Waals surface area contributed by atoms with Gasteiger partial charge in [-0.3, -0.25) is 14.4 Å². The summed E-state index contributed by atoms with van der Waals surface area (Å²) in [5.74, 6) is -0.367. The molecule has 0 saturated heterocycles. The molecule has 0 unspecified atom stereocenters. The van der Waals surface area contributed by atoms with Gasteiger partial charge in [0, 0.05) is 43.9 Å². The summed E-state index contributed by atoms with van der Waals surface area (Å²) in [6, 6.07) is 23.1. The van der Waals surface area contributed by atoms with Crippen molar-refractivity contribution in [3.8, 4) is 5.75 Å². The van der Waals surface area contributed by atoms with E-state index in [-0.39, 0.29) is 49.0 Å². The number of aliphatic hydroxyl groups is 1. The molecule has 0 bridgehead atoms. The Labute approximate surface area is 272 Å². The lowest BCUT2D eigenvalue weighted by molar-refractivity contribution is -0.131. The molecule has 46 heavy (non-hydrogen) atoms. The largest absolute Gasteiger partial charge is 0.490 e. The molecule has 1 heterocycles. The molecule has 0 saturated carbocycles. The lowest BCUT2D eigenvalue weighted by Gasteiger charge is -2.36. The summed E-state index contributed by atoms with van der Waals surface area (Å²) in [5, 5.41) is 13.1. The Hall–Kier alpha value is -4.21. The highest BCUT2D eigenvalue weighted by Gasteiger charge is 2.31. The topological polar surface area (TPSA) is 108 Å². The van der Waals surface area contributed by atoms with Crippen LogP contribution in [0.15, 0.2) is 78.9 Å². The second-order valence-corrected chi connectivity index (χ2v) is 12.3. The van der Waals surface area contributed by atoms with E-state index < -0.39 is 6.04 Å². The van der Waals surface area contributed by atoms with Gasteiger partial charge in [0.15, 0.2) is 0 Å². The Balaban J connectivity index is 1.60. The molecule has 2 N–H and O–H groups in total. The minimum Gasteiger partial charge on any atom is -0.490 e. The Morgan fingerprint density at radius 1 is 1.02 bits per heavy atom. The monoisotopic (exact) mass is 629 g/mol. The molecule has 0 radical (unpaired) electrons. The van der Waals surface area contributed by atoms with Gasteiger partial charge in [0.05, 0.1) is 36.8 Å². The normalized spacial score (nSPS) is 20.1. The van der Waals surface area contributed by atoms with Gasteiger partial charge in [0.2, 0.25) is 5.91 Å². The second-order valence-electron chi connectivity index (χ2n) is 12.3. The van der Waals surface area contributed by atoms with E-state index in [0.29, 0.717) is 42.1 Å². The van der Waals surface area contributed by atoms with Crippen molar-refractivity contribution < 1.29 is 29.0 Å². The molecule has 3 aromatic carbocycles. The van der Waals surface area contributed by atoms with Gasteiger partial charge >= 0.3 is 0 Å². The van der Waals surface area contributed by atoms with Crippen molar-refractivity contribution in [1.82, 2.24) is 9.80 Å². The number of fused-ring (bicyclic) bond motifs is 1. The van der Waals surface area contributed by atoms with Gasteiger partial charge in [-0.05, 0) is 69.0 Å². The van der Waals surface area contributed by atoms with Gasteiger partial charge in [-0.25, -0.2) is 0 Å². The molecular weight excluding hydrogens is 582 g/mol. The number of likely N-dealkylation sites (N-methyl/N-ethyl adjacent to an activating group) is 1. The van der Waals surface area contributed by atoms with Crippen LogP contribution in [0.5, 0.6) is 5.75 Å². The van der Waals surface area contributed by atoms with Crippen LogP contribution in [0.1, 0.15) is 66.3 Å². The average molecular weight is 630 g/mol. The van der Waals surface area contributed by atoms with Gasteiger partial charge < -0.3 is 29.7 Å². The molecule has 0 spiro atoms. The molecule has 0 fully saturated rings. The minimum atomic E-state index is -0.506. The number of anilines is 1. The maximum absolute atomic E-state index is 14.3. The lowest BCUT2D eigenvalue weighted by Crippen LogP contribution is -2.48. The van der Waals surface area contributed by atoms with Crippen LogP contribution < -0.4 is 10.1 Å². The highest BCUT2D eigenvalue weighted by molar-refractivity contribution is 6.05. The summed E-state index contributed by atoms with van der Waals surface area (Å²) in [6.45, 7) is 6.70. The molecular formula is C37H47N3O6. The van der Waals surface area contributed by atoms with Crippen molar-refractivity contribution in [2.45, 2.75) is 64.7 Å². The standard InChI is InChI=1S/C37H47N3O6/c1-26-23-40(27(2)25-41)37(44)32-22-31(38-36(43)30-16-9-6-10-17-30)18-19-33(32)46-28(3)13-11-12-20-45-34(26)24-39(4)35(42)21-29-14-7-5-8-15-29/h5-10,14-19,22,26-28,34,41H,11-13,20-21,23-25H2,1-4H3,(H,38,43)/t26-,27-,28+,34+/m0/s1. The lowest BCUT2D eigenvalue weighted by atomic mass is 10.0. The molecule has 3 amide bonds. The van der Waals surface area contributed by atoms with Crippen molar-refractivity contribution in [2.24, 2.45) is 5.92 Å². The molecule has 3 aromatic rings. The Morgan fingerprint density at radius 3 is 2.41 bits per heavy atom. The summed E-state index contributed by atoms with van der Waals surface area (Å²) in [7, 11) is 1.78. The summed E-state index contributed by atoms with van der Waals surface area (Å²) in [4.78, 5) is 43.7. The number of hydrogen-bond acceptors (Lipinski definition) is 6. The van der Waals surface area contributed by atoms with Crippen molar-refractivity contribution in [3.05, 3.63) is 95.6 Å². The summed E-state index contributed by atoms with van der Waals surface area (Å²) >= 11 is 0. The van der Waals surface area contributed by atoms with Crippen LogP contribution in [0.3, 0.4) is 0 Å². The molecule has 9 heteroatoms. The number of aliphatic hydroxyl groups excluding tert-OH is 1. The van der Waals surface area contributed by atoms with E-state index in [2.05, 4.69) is 5.32 Å². The van der Waals surface area contributed by atoms with Gasteiger partial charge in [-0.2, -0.15) is 0 Å². The van der Waals surface area contributed by atoms with Gasteiger partial charge in [0.25, 0.3) is 11.8 Å². The molecule has 0 aromatic heterocycles. The van der Waals surface area contributed by atoms with Crippen molar-refractivity contribution in [3.63, 3.8) is 0 Å². The van der Waals surface area contributed by atoms with Crippen molar-refractivity contribution in [1.29, 1.82) is 0 Å². The maximum atomic E-state index is 14.3. The number of carbonyl (C=O) groups is 3. The smallest absolute Gasteiger partial charge is 0.258 e. The number of carbonyl (C=O) groups excluding carboxylic acids is 3. The first-order valence-corrected chi connectivity index (χ1v) is 16.1. The first-order valence-electron chi connectivity index (χ1n) is 16.1. The molecule has 9 nitrogen and oxygen atoms in total. The molecule has 4 atom stereocenters. The van der Waals surface area contributed by atoms with Gasteiger partial charge in [0.1, 0.15) is 5.75 Å². The van der Waals surface area contributed by atoms with Crippen LogP contribution in [0.4, 0.5) is 5.69 Å². The molecule has 246 valence electrons. The van der Waals surface area contributed by atoms with Crippen LogP contribution in [-0.2, 0) is 16.0 Å². The number of ether oxygens (including phenoxy) is 2. The zero-order chi connectivity index (χ0) is 33.1. The first kappa shape index (κ1) is 34.7. The molecule has 1 aliphatic rings. The first-order chi connectivity index (χ1) is 22.2. The minimum absolute atomic E-state index is 0.0111. The number of benzene rings is 3. The Kier molecular flexibility index (Phi) is 12.7. The van der Waals surface area contributed by atoms with E-state index in [1.165, 1.54) is 0 Å². The van der Waals surface area contributed by atoms with Crippen LogP contribution in [0, 0.1) is 5.92 Å². The number of rotatable bonds is 8. The van der Waals surface area contributed by atoms with E-state index in [0.717, 1.165) is 24.8 Å². The highest BCUT2D eigenvalue weighted by atomic mass is 16.5. The number of nitrogens with zero attached hydrogens (tertiary/aromatic N) is 2. The molecule has 1 aliphatic heterocycles. The number of hydrogen-bond donors (Lipinski definition) is 2. The van der Waals surface area contributed by atoms with E-state index in [4.69, 9.17) is 9.47 Å². The number of amides is 3. The molecule has 0 aliphatic carbocycles. The van der Waals surface area contributed by atoms with Crippen LogP contribution in [-0.4, -0.2) is 84.2 Å². The fraction of sp³-hybridized carbons (Fsp3) is 0.432. The second kappa shape index (κ2) is 16.9. The third-order valence-corrected chi connectivity index (χ3v) is 8.42. The van der Waals surface area contributed by atoms with E-state index in [1.54, 1.807) is 66.2 Å².